The predicted molar refractivity (Wildman–Crippen MR) is 216 cm³/mol. The third-order valence-electron chi connectivity index (χ3n) is 10.3. The number of nitrogens with zero attached hydrogens (tertiary/aromatic N) is 4. The minimum atomic E-state index is -0.756. The molecule has 16 nitrogen and oxygen atoms in total. The molecule has 2 aliphatic heterocycles. The van der Waals surface area contributed by atoms with E-state index in [-0.39, 0.29) is 53.1 Å². The van der Waals surface area contributed by atoms with Crippen LogP contribution in [-0.2, 0) is 23.8 Å². The van der Waals surface area contributed by atoms with Gasteiger partial charge in [-0.25, -0.2) is 24.4 Å². The van der Waals surface area contributed by atoms with Crippen molar-refractivity contribution >= 4 is 30.0 Å². The summed E-state index contributed by atoms with van der Waals surface area (Å²) < 4.78 is 14.5. The first-order chi connectivity index (χ1) is 28.1. The number of ether oxygens (including phenoxy) is 3. The number of esters is 1. The SMILES string of the molecule is COC(=O)N/C=C(\C(=O)N1C[C@@H](C)C[C@H]1c1ncc(C#Cc2ccc(C#Cc3cnc([C@@H]4C[C@H](C)CN4C(=O)[C@@H](NC(=O)OC)C(C)C)[nH]3)cc2C(=O)OC)[nH]1)C(C)C. The van der Waals surface area contributed by atoms with Crippen LogP contribution in [0.5, 0.6) is 0 Å². The van der Waals surface area contributed by atoms with Crippen molar-refractivity contribution in [2.24, 2.45) is 23.7 Å². The summed E-state index contributed by atoms with van der Waals surface area (Å²) in [7, 11) is 3.81. The molecule has 59 heavy (non-hydrogen) atoms. The Balaban J connectivity index is 1.33. The second-order valence-electron chi connectivity index (χ2n) is 15.5. The van der Waals surface area contributed by atoms with E-state index in [4.69, 9.17) is 9.47 Å². The lowest BCUT2D eigenvalue weighted by molar-refractivity contribution is -0.135. The number of methoxy groups -OCH3 is 3. The van der Waals surface area contributed by atoms with Gasteiger partial charge in [-0.15, -0.1) is 0 Å². The number of amides is 4. The molecule has 2 saturated heterocycles. The fraction of sp³-hybridized carbons (Fsp3) is 0.465. The van der Waals surface area contributed by atoms with Gasteiger partial charge in [-0.1, -0.05) is 53.4 Å². The second-order valence-corrected chi connectivity index (χ2v) is 15.5. The molecule has 16 heteroatoms. The van der Waals surface area contributed by atoms with E-state index in [0.717, 1.165) is 0 Å². The van der Waals surface area contributed by atoms with Crippen LogP contribution < -0.4 is 10.6 Å². The van der Waals surface area contributed by atoms with Crippen LogP contribution in [0.1, 0.15) is 111 Å². The molecule has 0 bridgehead atoms. The number of carbonyl (C=O) groups excluding carboxylic acids is 5. The maximum atomic E-state index is 13.7. The van der Waals surface area contributed by atoms with Gasteiger partial charge < -0.3 is 39.3 Å². The topological polar surface area (TPSA) is 201 Å². The zero-order valence-electron chi connectivity index (χ0n) is 34.9. The van der Waals surface area contributed by atoms with E-state index in [2.05, 4.69) is 72.8 Å². The highest BCUT2D eigenvalue weighted by Crippen LogP contribution is 2.36. The van der Waals surface area contributed by atoms with Gasteiger partial charge in [0, 0.05) is 36.0 Å². The van der Waals surface area contributed by atoms with E-state index < -0.39 is 24.2 Å². The summed E-state index contributed by atoms with van der Waals surface area (Å²) >= 11 is 0. The zero-order chi connectivity index (χ0) is 43.0. The van der Waals surface area contributed by atoms with E-state index >= 15 is 0 Å². The molecule has 0 aliphatic carbocycles. The summed E-state index contributed by atoms with van der Waals surface area (Å²) in [4.78, 5) is 83.0. The van der Waals surface area contributed by atoms with Crippen LogP contribution in [0.2, 0.25) is 0 Å². The van der Waals surface area contributed by atoms with Gasteiger partial charge in [-0.3, -0.25) is 14.9 Å². The van der Waals surface area contributed by atoms with Gasteiger partial charge in [0.15, 0.2) is 0 Å². The summed E-state index contributed by atoms with van der Waals surface area (Å²) in [6, 6.07) is 3.62. The number of aromatic nitrogens is 4. The summed E-state index contributed by atoms with van der Waals surface area (Å²) in [5.41, 5.74) is 2.62. The van der Waals surface area contributed by atoms with Crippen molar-refractivity contribution in [3.05, 3.63) is 82.1 Å². The quantitative estimate of drug-likeness (QED) is 0.101. The second kappa shape index (κ2) is 19.3. The molecule has 0 radical (unpaired) electrons. The number of H-pyrrole nitrogens is 2. The normalized spacial score (nSPS) is 19.3. The molecule has 4 amide bonds. The Morgan fingerprint density at radius 2 is 1.37 bits per heavy atom. The van der Waals surface area contributed by atoms with Crippen molar-refractivity contribution < 1.29 is 38.2 Å². The molecule has 0 unspecified atom stereocenters. The Labute approximate surface area is 344 Å². The lowest BCUT2D eigenvalue weighted by Gasteiger charge is -2.30. The molecular weight excluding hydrogens is 757 g/mol. The first kappa shape index (κ1) is 43.6. The molecule has 312 valence electrons. The predicted octanol–water partition coefficient (Wildman–Crippen LogP) is 4.81. The Hall–Kier alpha value is -6.55. The van der Waals surface area contributed by atoms with Crippen LogP contribution in [0.25, 0.3) is 0 Å². The van der Waals surface area contributed by atoms with Gasteiger partial charge in [0.1, 0.15) is 29.1 Å². The fourth-order valence-corrected chi connectivity index (χ4v) is 7.22. The Morgan fingerprint density at radius 1 is 0.797 bits per heavy atom. The number of hydrogen-bond acceptors (Lipinski definition) is 10. The summed E-state index contributed by atoms with van der Waals surface area (Å²) in [5, 5.41) is 5.17. The maximum Gasteiger partial charge on any atom is 0.410 e. The first-order valence-electron chi connectivity index (χ1n) is 19.5. The Bertz CT molecular complexity index is 2220. The van der Waals surface area contributed by atoms with Crippen LogP contribution in [0, 0.1) is 47.4 Å². The molecule has 0 spiro atoms. The highest BCUT2D eigenvalue weighted by molar-refractivity contribution is 5.95. The number of alkyl carbamates (subject to hydrolysis) is 2. The van der Waals surface area contributed by atoms with Crippen LogP contribution in [0.15, 0.2) is 42.4 Å². The van der Waals surface area contributed by atoms with Crippen molar-refractivity contribution in [2.75, 3.05) is 34.4 Å². The first-order valence-corrected chi connectivity index (χ1v) is 19.5. The molecule has 2 aromatic heterocycles. The van der Waals surface area contributed by atoms with E-state index in [1.165, 1.54) is 27.5 Å². The molecule has 5 atom stereocenters. The third kappa shape index (κ3) is 10.5. The average molecular weight is 809 g/mol. The van der Waals surface area contributed by atoms with Gasteiger partial charge in [0.25, 0.3) is 5.91 Å². The van der Waals surface area contributed by atoms with Crippen LogP contribution in [0.4, 0.5) is 9.59 Å². The monoisotopic (exact) mass is 808 g/mol. The minimum absolute atomic E-state index is 0.160. The lowest BCUT2D eigenvalue weighted by Crippen LogP contribution is -2.51. The van der Waals surface area contributed by atoms with Gasteiger partial charge in [0.2, 0.25) is 5.91 Å². The molecular formula is C43H52N8O8. The molecule has 4 N–H and O–H groups in total. The van der Waals surface area contributed by atoms with E-state index in [1.807, 2.05) is 27.7 Å². The highest BCUT2D eigenvalue weighted by Gasteiger charge is 2.40. The molecule has 5 rings (SSSR count). The van der Waals surface area contributed by atoms with Gasteiger partial charge in [-0.05, 0) is 66.6 Å². The number of aromatic amines is 2. The molecule has 2 aliphatic rings. The summed E-state index contributed by atoms with van der Waals surface area (Å²) in [6.07, 6.45) is 4.63. The van der Waals surface area contributed by atoms with Crippen LogP contribution in [0.3, 0.4) is 0 Å². The number of likely N-dealkylation sites (tertiary alicyclic amines) is 2. The molecule has 2 fully saturated rings. The number of nitrogens with one attached hydrogen (secondary N) is 4. The average Bonchev–Trinajstić information content (AvgIpc) is 4.04. The van der Waals surface area contributed by atoms with Crippen molar-refractivity contribution in [1.82, 2.24) is 40.4 Å². The minimum Gasteiger partial charge on any atom is -0.465 e. The third-order valence-corrected chi connectivity index (χ3v) is 10.3. The van der Waals surface area contributed by atoms with Crippen LogP contribution >= 0.6 is 0 Å². The van der Waals surface area contributed by atoms with Crippen molar-refractivity contribution in [3.8, 4) is 23.7 Å². The van der Waals surface area contributed by atoms with Crippen molar-refractivity contribution in [2.45, 2.75) is 72.5 Å². The van der Waals surface area contributed by atoms with E-state index in [9.17, 15) is 24.0 Å². The maximum absolute atomic E-state index is 13.7. The zero-order valence-corrected chi connectivity index (χ0v) is 34.9. The standard InChI is InChI=1S/C43H52N8O8/c1-24(2)33(21-46-42(55)58-8)39(52)50-22-26(5)16-34(50)37-45-20-31(48-37)15-13-29-12-10-28(18-32(29)41(54)57-7)11-14-30-19-44-38(47-30)35-17-27(6)23-51(35)40(53)36(25(3)4)49-43(56)59-9/h10,12,18-21,24-27,34-36H,16-17,22-23H2,1-9H3,(H,44,47)(H,45,48)(H,46,55)(H,49,56)/b33-21-/t26-,27-,34-,35-,36-/m0/s1. The summed E-state index contributed by atoms with van der Waals surface area (Å²) in [5.74, 6) is 12.5. The number of benzene rings is 1. The molecule has 4 heterocycles. The van der Waals surface area contributed by atoms with Gasteiger partial charge in [-0.2, -0.15) is 0 Å². The molecule has 1 aromatic carbocycles. The largest absolute Gasteiger partial charge is 0.465 e. The molecule has 3 aromatic rings. The van der Waals surface area contributed by atoms with E-state index in [1.54, 1.807) is 40.4 Å². The van der Waals surface area contributed by atoms with Crippen LogP contribution in [-0.4, -0.2) is 100 Å². The van der Waals surface area contributed by atoms with Gasteiger partial charge >= 0.3 is 18.2 Å². The summed E-state index contributed by atoms with van der Waals surface area (Å²) in [6.45, 7) is 12.6. The van der Waals surface area contributed by atoms with Gasteiger partial charge in [0.05, 0.1) is 51.4 Å². The number of carbonyl (C=O) groups is 5. The Kier molecular flexibility index (Phi) is 14.2. The van der Waals surface area contributed by atoms with Crippen molar-refractivity contribution in [1.29, 1.82) is 0 Å². The highest BCUT2D eigenvalue weighted by atomic mass is 16.5. The van der Waals surface area contributed by atoms with Crippen molar-refractivity contribution in [3.63, 3.8) is 0 Å². The number of hydrogen-bond donors (Lipinski definition) is 4. The smallest absolute Gasteiger partial charge is 0.410 e. The number of rotatable bonds is 9. The number of imidazole rings is 2. The lowest BCUT2D eigenvalue weighted by atomic mass is 10.0. The Morgan fingerprint density at radius 3 is 1.93 bits per heavy atom. The fourth-order valence-electron chi connectivity index (χ4n) is 7.22. The molecule has 0 saturated carbocycles. The van der Waals surface area contributed by atoms with E-state index in [0.29, 0.717) is 65.7 Å².